The van der Waals surface area contributed by atoms with E-state index in [4.69, 9.17) is 5.73 Å². The molecule has 0 bridgehead atoms. The number of alkyl halides is 3. The number of rotatable bonds is 5. The van der Waals surface area contributed by atoms with E-state index in [-0.39, 0.29) is 6.54 Å². The molecule has 0 fully saturated rings. The molecule has 1 aromatic carbocycles. The number of benzene rings is 1. The quantitative estimate of drug-likeness (QED) is 0.839. The summed E-state index contributed by atoms with van der Waals surface area (Å²) in [6.07, 6.45) is -5.92. The predicted octanol–water partition coefficient (Wildman–Crippen LogP) is 2.96. The van der Waals surface area contributed by atoms with Crippen molar-refractivity contribution in [3.05, 3.63) is 29.8 Å². The number of hydrogen-bond donors (Lipinski definition) is 1. The van der Waals surface area contributed by atoms with Crippen LogP contribution in [-0.2, 0) is 11.3 Å². The predicted molar refractivity (Wildman–Crippen MR) is 67.2 cm³/mol. The average Bonchev–Trinajstić information content (AvgIpc) is 2.34. The molecule has 1 amide bonds. The minimum Gasteiger partial charge on any atom is -0.398 e. The minimum atomic E-state index is -4.30. The molecule has 0 heterocycles. The van der Waals surface area contributed by atoms with Gasteiger partial charge in [0.1, 0.15) is 0 Å². The average molecular weight is 274 g/mol. The van der Waals surface area contributed by atoms with Crippen LogP contribution in [0.1, 0.15) is 25.3 Å². The maximum absolute atomic E-state index is 12.1. The Kier molecular flexibility index (Phi) is 5.20. The van der Waals surface area contributed by atoms with Crippen LogP contribution in [-0.4, -0.2) is 23.5 Å². The number of carbonyl (C=O) groups excluding carboxylic acids is 1. The first-order chi connectivity index (χ1) is 8.83. The van der Waals surface area contributed by atoms with Gasteiger partial charge in [-0.05, 0) is 18.6 Å². The summed E-state index contributed by atoms with van der Waals surface area (Å²) in [5.74, 6) is -0.511. The standard InChI is InChI=1S/C13H17F3N2O/c1-2-18(12(19)7-8-13(14,15)16)9-10-5-3-4-6-11(10)17/h3-6H,2,7-9,17H2,1H3. The maximum atomic E-state index is 12.1. The number of halogens is 3. The lowest BCUT2D eigenvalue weighted by atomic mass is 10.1. The molecule has 0 saturated carbocycles. The van der Waals surface area contributed by atoms with Crippen molar-refractivity contribution in [2.45, 2.75) is 32.5 Å². The van der Waals surface area contributed by atoms with E-state index in [1.807, 2.05) is 0 Å². The van der Waals surface area contributed by atoms with Crippen LogP contribution in [0.3, 0.4) is 0 Å². The van der Waals surface area contributed by atoms with Gasteiger partial charge >= 0.3 is 6.18 Å². The third kappa shape index (κ3) is 5.19. The zero-order valence-electron chi connectivity index (χ0n) is 10.7. The fourth-order valence-corrected chi connectivity index (χ4v) is 1.67. The number of hydrogen-bond acceptors (Lipinski definition) is 2. The highest BCUT2D eigenvalue weighted by Crippen LogP contribution is 2.22. The van der Waals surface area contributed by atoms with Crippen molar-refractivity contribution in [2.24, 2.45) is 0 Å². The Morgan fingerprint density at radius 3 is 2.47 bits per heavy atom. The summed E-state index contributed by atoms with van der Waals surface area (Å²) in [5.41, 5.74) is 7.02. The van der Waals surface area contributed by atoms with Crippen LogP contribution in [0.5, 0.6) is 0 Å². The lowest BCUT2D eigenvalue weighted by molar-refractivity contribution is -0.149. The van der Waals surface area contributed by atoms with Crippen molar-refractivity contribution in [1.82, 2.24) is 4.90 Å². The van der Waals surface area contributed by atoms with Crippen LogP contribution in [0.4, 0.5) is 18.9 Å². The highest BCUT2D eigenvalue weighted by Gasteiger charge is 2.29. The van der Waals surface area contributed by atoms with Gasteiger partial charge in [-0.25, -0.2) is 0 Å². The molecule has 0 spiro atoms. The van der Waals surface area contributed by atoms with Crippen molar-refractivity contribution in [3.8, 4) is 0 Å². The molecular formula is C13H17F3N2O. The number of para-hydroxylation sites is 1. The Morgan fingerprint density at radius 2 is 1.95 bits per heavy atom. The number of carbonyl (C=O) groups is 1. The highest BCUT2D eigenvalue weighted by atomic mass is 19.4. The van der Waals surface area contributed by atoms with Crippen molar-refractivity contribution in [1.29, 1.82) is 0 Å². The lowest BCUT2D eigenvalue weighted by Gasteiger charge is -2.22. The van der Waals surface area contributed by atoms with Gasteiger partial charge in [0.25, 0.3) is 0 Å². The number of amides is 1. The third-order valence-corrected chi connectivity index (χ3v) is 2.77. The van der Waals surface area contributed by atoms with Crippen LogP contribution in [0.25, 0.3) is 0 Å². The van der Waals surface area contributed by atoms with Crippen molar-refractivity contribution in [3.63, 3.8) is 0 Å². The molecule has 6 heteroatoms. The van der Waals surface area contributed by atoms with Crippen LogP contribution in [0.2, 0.25) is 0 Å². The fraction of sp³-hybridized carbons (Fsp3) is 0.462. The smallest absolute Gasteiger partial charge is 0.389 e. The Labute approximate surface area is 110 Å². The zero-order chi connectivity index (χ0) is 14.5. The Bertz CT molecular complexity index is 432. The summed E-state index contributed by atoms with van der Waals surface area (Å²) in [5, 5.41) is 0. The molecule has 0 aromatic heterocycles. The second-order valence-electron chi connectivity index (χ2n) is 4.22. The molecule has 0 atom stereocenters. The second-order valence-corrected chi connectivity index (χ2v) is 4.22. The molecule has 3 nitrogen and oxygen atoms in total. The van der Waals surface area contributed by atoms with Gasteiger partial charge in [0.05, 0.1) is 6.42 Å². The minimum absolute atomic E-state index is 0.236. The van der Waals surface area contributed by atoms with Crippen molar-refractivity contribution >= 4 is 11.6 Å². The van der Waals surface area contributed by atoms with Gasteiger partial charge in [-0.2, -0.15) is 13.2 Å². The molecule has 19 heavy (non-hydrogen) atoms. The molecular weight excluding hydrogens is 257 g/mol. The van der Waals surface area contributed by atoms with Crippen LogP contribution in [0, 0.1) is 0 Å². The summed E-state index contributed by atoms with van der Waals surface area (Å²) in [6.45, 7) is 2.31. The van der Waals surface area contributed by atoms with Crippen LogP contribution >= 0.6 is 0 Å². The van der Waals surface area contributed by atoms with E-state index >= 15 is 0 Å². The second kappa shape index (κ2) is 6.45. The number of nitrogens with zero attached hydrogens (tertiary/aromatic N) is 1. The van der Waals surface area contributed by atoms with Crippen molar-refractivity contribution < 1.29 is 18.0 Å². The monoisotopic (exact) mass is 274 g/mol. The summed E-state index contributed by atoms with van der Waals surface area (Å²) in [6, 6.07) is 7.00. The Hall–Kier alpha value is -1.72. The van der Waals surface area contributed by atoms with Gasteiger partial charge in [0.15, 0.2) is 0 Å². The topological polar surface area (TPSA) is 46.3 Å². The molecule has 0 radical (unpaired) electrons. The van der Waals surface area contributed by atoms with E-state index in [1.165, 1.54) is 4.90 Å². The van der Waals surface area contributed by atoms with Crippen molar-refractivity contribution in [2.75, 3.05) is 12.3 Å². The molecule has 1 aromatic rings. The van der Waals surface area contributed by atoms with Gasteiger partial charge in [-0.3, -0.25) is 4.79 Å². The van der Waals surface area contributed by atoms with Gasteiger partial charge in [0, 0.05) is 25.2 Å². The SMILES string of the molecule is CCN(Cc1ccccc1N)C(=O)CCC(F)(F)F. The van der Waals surface area contributed by atoms with Gasteiger partial charge < -0.3 is 10.6 Å². The van der Waals surface area contributed by atoms with Crippen LogP contribution in [0.15, 0.2) is 24.3 Å². The summed E-state index contributed by atoms with van der Waals surface area (Å²) >= 11 is 0. The highest BCUT2D eigenvalue weighted by molar-refractivity contribution is 5.76. The molecule has 2 N–H and O–H groups in total. The lowest BCUT2D eigenvalue weighted by Crippen LogP contribution is -2.31. The van der Waals surface area contributed by atoms with E-state index < -0.39 is 24.9 Å². The first-order valence-corrected chi connectivity index (χ1v) is 6.01. The molecule has 0 aliphatic carbocycles. The van der Waals surface area contributed by atoms with Gasteiger partial charge in [0.2, 0.25) is 5.91 Å². The summed E-state index contributed by atoms with van der Waals surface area (Å²) in [4.78, 5) is 13.1. The first kappa shape index (κ1) is 15.3. The molecule has 0 aliphatic heterocycles. The van der Waals surface area contributed by atoms with Crippen LogP contribution < -0.4 is 5.73 Å². The Balaban J connectivity index is 2.63. The van der Waals surface area contributed by atoms with E-state index in [0.29, 0.717) is 12.2 Å². The molecule has 0 saturated heterocycles. The van der Waals surface area contributed by atoms with E-state index in [1.54, 1.807) is 31.2 Å². The molecule has 0 unspecified atom stereocenters. The first-order valence-electron chi connectivity index (χ1n) is 6.01. The number of nitrogens with two attached hydrogens (primary N) is 1. The molecule has 1 rings (SSSR count). The summed E-state index contributed by atoms with van der Waals surface area (Å²) < 4.78 is 36.3. The van der Waals surface area contributed by atoms with E-state index in [9.17, 15) is 18.0 Å². The summed E-state index contributed by atoms with van der Waals surface area (Å²) in [7, 11) is 0. The number of nitrogen functional groups attached to an aromatic ring is 1. The van der Waals surface area contributed by atoms with Gasteiger partial charge in [-0.15, -0.1) is 0 Å². The largest absolute Gasteiger partial charge is 0.398 e. The molecule has 106 valence electrons. The third-order valence-electron chi connectivity index (χ3n) is 2.77. The zero-order valence-corrected chi connectivity index (χ0v) is 10.7. The molecule has 0 aliphatic rings. The van der Waals surface area contributed by atoms with Gasteiger partial charge in [-0.1, -0.05) is 18.2 Å². The van der Waals surface area contributed by atoms with E-state index in [2.05, 4.69) is 0 Å². The van der Waals surface area contributed by atoms with E-state index in [0.717, 1.165) is 5.56 Å². The Morgan fingerprint density at radius 1 is 1.32 bits per heavy atom. The maximum Gasteiger partial charge on any atom is 0.389 e. The normalized spacial score (nSPS) is 11.4. The number of anilines is 1. The fourth-order valence-electron chi connectivity index (χ4n) is 1.67.